The minimum absolute atomic E-state index is 0.940. The Kier molecular flexibility index (Phi) is 1.18. The van der Waals surface area contributed by atoms with Crippen molar-refractivity contribution in [3.05, 3.63) is 0 Å². The Morgan fingerprint density at radius 1 is 1.57 bits per heavy atom. The van der Waals surface area contributed by atoms with Crippen LogP contribution in [0.3, 0.4) is 0 Å². The highest BCUT2D eigenvalue weighted by atomic mass is 14.0. The van der Waals surface area contributed by atoms with Crippen molar-refractivity contribution in [1.82, 2.24) is 0 Å². The van der Waals surface area contributed by atoms with Crippen molar-refractivity contribution in [3.63, 3.8) is 0 Å². The third kappa shape index (κ3) is 1.02. The molecular formula is C5H12B2. The van der Waals surface area contributed by atoms with Crippen LogP contribution in [0.15, 0.2) is 0 Å². The molecule has 1 atom stereocenters. The average Bonchev–Trinajstić information content (AvgIpc) is 2.17. The van der Waals surface area contributed by atoms with Gasteiger partial charge in [0, 0.05) is 0 Å². The van der Waals surface area contributed by atoms with E-state index in [9.17, 15) is 0 Å². The van der Waals surface area contributed by atoms with Crippen LogP contribution in [0.2, 0.25) is 25.8 Å². The van der Waals surface area contributed by atoms with E-state index in [1.807, 2.05) is 0 Å². The summed E-state index contributed by atoms with van der Waals surface area (Å²) >= 11 is 0. The van der Waals surface area contributed by atoms with Crippen molar-refractivity contribution in [2.24, 2.45) is 0 Å². The van der Waals surface area contributed by atoms with E-state index >= 15 is 0 Å². The molecule has 1 aliphatic rings. The Morgan fingerprint density at radius 2 is 2.00 bits per heavy atom. The molecule has 7 heavy (non-hydrogen) atoms. The van der Waals surface area contributed by atoms with Gasteiger partial charge in [-0.15, -0.1) is 0 Å². The third-order valence-electron chi connectivity index (χ3n) is 2.03. The van der Waals surface area contributed by atoms with Gasteiger partial charge in [0.25, 0.3) is 0 Å². The monoisotopic (exact) mass is 94.1 g/mol. The molecule has 1 rings (SSSR count). The van der Waals surface area contributed by atoms with Crippen molar-refractivity contribution in [1.29, 1.82) is 0 Å². The van der Waals surface area contributed by atoms with Gasteiger partial charge in [0.15, 0.2) is 0 Å². The molecule has 0 bridgehead atoms. The van der Waals surface area contributed by atoms with Gasteiger partial charge >= 0.3 is 0 Å². The molecule has 38 valence electrons. The highest BCUT2D eigenvalue weighted by Gasteiger charge is 2.39. The smallest absolute Gasteiger partial charge is 0.0922 e. The maximum absolute atomic E-state index is 2.34. The van der Waals surface area contributed by atoms with Crippen molar-refractivity contribution in [2.45, 2.75) is 32.7 Å². The molecular weight excluding hydrogens is 81.7 g/mol. The van der Waals surface area contributed by atoms with E-state index in [0.29, 0.717) is 0 Å². The van der Waals surface area contributed by atoms with Crippen LogP contribution in [0.4, 0.5) is 0 Å². The van der Waals surface area contributed by atoms with E-state index in [4.69, 9.17) is 0 Å². The van der Waals surface area contributed by atoms with Gasteiger partial charge < -0.3 is 0 Å². The van der Waals surface area contributed by atoms with E-state index in [0.717, 1.165) is 19.0 Å². The second-order valence-electron chi connectivity index (χ2n) is 3.12. The first-order chi connectivity index (χ1) is 3.22. The van der Waals surface area contributed by atoms with Crippen LogP contribution in [0, 0.1) is 0 Å². The lowest BCUT2D eigenvalue weighted by molar-refractivity contribution is 1.21. The zero-order valence-electron chi connectivity index (χ0n) is 5.44. The summed E-state index contributed by atoms with van der Waals surface area (Å²) in [5, 5.41) is 0. The Balaban J connectivity index is 2.20. The summed E-state index contributed by atoms with van der Waals surface area (Å²) in [5.41, 5.74) is 0. The molecule has 0 saturated carbocycles. The van der Waals surface area contributed by atoms with Crippen LogP contribution in [-0.4, -0.2) is 13.2 Å². The summed E-state index contributed by atoms with van der Waals surface area (Å²) in [4.78, 5) is 0. The predicted octanol–water partition coefficient (Wildman–Crippen LogP) is 1.72. The van der Waals surface area contributed by atoms with Gasteiger partial charge in [-0.25, -0.2) is 0 Å². The Bertz CT molecular complexity index is 70.5. The minimum atomic E-state index is 0.940. The Labute approximate surface area is 46.8 Å². The van der Waals surface area contributed by atoms with Crippen molar-refractivity contribution in [3.8, 4) is 0 Å². The summed E-state index contributed by atoms with van der Waals surface area (Å²) in [6.07, 6.45) is 1.48. The molecule has 0 radical (unpaired) electrons. The molecule has 0 spiro atoms. The zero-order valence-corrected chi connectivity index (χ0v) is 5.44. The van der Waals surface area contributed by atoms with Crippen LogP contribution in [0.5, 0.6) is 0 Å². The molecule has 1 fully saturated rings. The van der Waals surface area contributed by atoms with E-state index < -0.39 is 0 Å². The molecule has 0 aromatic heterocycles. The molecule has 1 heterocycles. The minimum Gasteiger partial charge on any atom is -0.0922 e. The van der Waals surface area contributed by atoms with Crippen LogP contribution in [-0.2, 0) is 0 Å². The Morgan fingerprint density at radius 3 is 2.00 bits per heavy atom. The summed E-state index contributed by atoms with van der Waals surface area (Å²) in [6, 6.07) is 0. The lowest BCUT2D eigenvalue weighted by Gasteiger charge is -1.88. The molecule has 0 aliphatic carbocycles. The molecule has 0 amide bonds. The summed E-state index contributed by atoms with van der Waals surface area (Å²) in [7, 11) is 0. The van der Waals surface area contributed by atoms with Gasteiger partial charge in [-0.1, -0.05) is 32.7 Å². The predicted molar refractivity (Wildman–Crippen MR) is 37.5 cm³/mol. The van der Waals surface area contributed by atoms with Gasteiger partial charge in [0.05, 0.1) is 0 Å². The highest BCUT2D eigenvalue weighted by Crippen LogP contribution is 2.37. The highest BCUT2D eigenvalue weighted by molar-refractivity contribution is 7.27. The van der Waals surface area contributed by atoms with E-state index in [1.54, 1.807) is 0 Å². The topological polar surface area (TPSA) is 0 Å². The van der Waals surface area contributed by atoms with Gasteiger partial charge in [-0.2, -0.15) is 0 Å². The van der Waals surface area contributed by atoms with Crippen LogP contribution in [0.1, 0.15) is 6.92 Å². The van der Waals surface area contributed by atoms with Crippen LogP contribution in [0.25, 0.3) is 0 Å². The third-order valence-corrected chi connectivity index (χ3v) is 2.03. The van der Waals surface area contributed by atoms with Gasteiger partial charge in [-0.05, 0) is 0 Å². The fourth-order valence-corrected chi connectivity index (χ4v) is 1.28. The molecule has 0 N–H and O–H groups in total. The second-order valence-corrected chi connectivity index (χ2v) is 3.12. The fraction of sp³-hybridized carbons (Fsp3) is 1.00. The molecule has 0 nitrogen and oxygen atoms in total. The van der Waals surface area contributed by atoms with Crippen molar-refractivity contribution >= 4 is 13.2 Å². The van der Waals surface area contributed by atoms with Crippen LogP contribution < -0.4 is 0 Å². The average molecular weight is 93.8 g/mol. The molecule has 1 saturated heterocycles. The summed E-state index contributed by atoms with van der Waals surface area (Å²) in [6.45, 7) is 8.97. The lowest BCUT2D eigenvalue weighted by atomic mass is 9.18. The first kappa shape index (κ1) is 5.27. The second kappa shape index (κ2) is 1.57. The zero-order chi connectivity index (χ0) is 5.44. The van der Waals surface area contributed by atoms with Gasteiger partial charge in [-0.3, -0.25) is 0 Å². The maximum atomic E-state index is 2.34. The van der Waals surface area contributed by atoms with Gasteiger partial charge in [0.2, 0.25) is 0 Å². The van der Waals surface area contributed by atoms with Crippen molar-refractivity contribution < 1.29 is 0 Å². The van der Waals surface area contributed by atoms with Crippen molar-refractivity contribution in [2.75, 3.05) is 0 Å². The largest absolute Gasteiger partial charge is 0.110 e. The molecule has 1 aliphatic heterocycles. The molecule has 2 heteroatoms. The summed E-state index contributed by atoms with van der Waals surface area (Å²) < 4.78 is 0. The summed E-state index contributed by atoms with van der Waals surface area (Å²) in [5.74, 6) is 1.04. The standard InChI is InChI=1S/C5H12B2/c1-5-4-7(5)6(2)3/h5H,4H2,1-3H3. The molecule has 0 aromatic rings. The first-order valence-corrected chi connectivity index (χ1v) is 3.22. The van der Waals surface area contributed by atoms with Gasteiger partial charge in [0.1, 0.15) is 13.2 Å². The SMILES string of the molecule is CB(C)B1CC1C. The fourth-order valence-electron chi connectivity index (χ4n) is 1.28. The normalized spacial score (nSPS) is 27.9. The molecule has 0 aromatic carbocycles. The quantitative estimate of drug-likeness (QED) is 0.433. The van der Waals surface area contributed by atoms with Crippen LogP contribution >= 0.6 is 0 Å². The molecule has 1 unspecified atom stereocenters. The first-order valence-electron chi connectivity index (χ1n) is 3.22. The maximum Gasteiger partial charge on any atom is 0.110 e. The Hall–Kier alpha value is 0.130. The number of hydrogen-bond donors (Lipinski definition) is 0. The lowest BCUT2D eigenvalue weighted by Crippen LogP contribution is -2.13. The van der Waals surface area contributed by atoms with E-state index in [-0.39, 0.29) is 0 Å². The number of hydrogen-bond acceptors (Lipinski definition) is 0. The van der Waals surface area contributed by atoms with E-state index in [1.165, 1.54) is 6.32 Å². The number of rotatable bonds is 1. The van der Waals surface area contributed by atoms with E-state index in [2.05, 4.69) is 20.6 Å².